The molecular formula is C17H22N4O. The number of nitriles is 1. The number of amides is 1. The van der Waals surface area contributed by atoms with E-state index in [0.717, 1.165) is 63.4 Å². The number of carbonyl (C=O) groups excluding carboxylic acids is 1. The molecule has 22 heavy (non-hydrogen) atoms. The Bertz CT molecular complexity index is 593. The van der Waals surface area contributed by atoms with Crippen molar-refractivity contribution in [1.29, 1.82) is 5.26 Å². The van der Waals surface area contributed by atoms with Crippen molar-refractivity contribution in [2.24, 2.45) is 5.92 Å². The molecule has 0 unspecified atom stereocenters. The van der Waals surface area contributed by atoms with Crippen molar-refractivity contribution in [2.45, 2.75) is 32.6 Å². The van der Waals surface area contributed by atoms with Crippen molar-refractivity contribution in [3.05, 3.63) is 23.4 Å². The van der Waals surface area contributed by atoms with Crippen molar-refractivity contribution >= 4 is 11.7 Å². The molecule has 0 spiro atoms. The molecule has 2 aliphatic heterocycles. The first kappa shape index (κ1) is 14.8. The van der Waals surface area contributed by atoms with Crippen molar-refractivity contribution in [3.8, 4) is 6.07 Å². The van der Waals surface area contributed by atoms with Gasteiger partial charge in [-0.3, -0.25) is 4.79 Å². The summed E-state index contributed by atoms with van der Waals surface area (Å²) < 4.78 is 0. The predicted molar refractivity (Wildman–Crippen MR) is 84.4 cm³/mol. The maximum Gasteiger partial charge on any atom is 0.225 e. The monoisotopic (exact) mass is 298 g/mol. The van der Waals surface area contributed by atoms with E-state index >= 15 is 0 Å². The molecule has 0 aliphatic carbocycles. The third-order valence-electron chi connectivity index (χ3n) is 4.70. The predicted octanol–water partition coefficient (Wildman–Crippen LogP) is 2.10. The molecule has 0 saturated carbocycles. The maximum absolute atomic E-state index is 12.5. The molecular weight excluding hydrogens is 276 g/mol. The highest BCUT2D eigenvalue weighted by atomic mass is 16.2. The minimum Gasteiger partial charge on any atom is -0.355 e. The molecule has 0 aromatic carbocycles. The first-order valence-corrected chi connectivity index (χ1v) is 8.10. The molecule has 0 N–H and O–H groups in total. The molecule has 5 nitrogen and oxygen atoms in total. The lowest BCUT2D eigenvalue weighted by molar-refractivity contribution is -0.135. The number of pyridine rings is 1. The fourth-order valence-electron chi connectivity index (χ4n) is 3.41. The van der Waals surface area contributed by atoms with Crippen LogP contribution in [0, 0.1) is 24.2 Å². The molecule has 0 atom stereocenters. The largest absolute Gasteiger partial charge is 0.355 e. The second kappa shape index (κ2) is 6.35. The van der Waals surface area contributed by atoms with Crippen molar-refractivity contribution < 1.29 is 4.79 Å². The Kier molecular flexibility index (Phi) is 4.28. The van der Waals surface area contributed by atoms with Crippen LogP contribution < -0.4 is 4.90 Å². The highest BCUT2D eigenvalue weighted by Crippen LogP contribution is 2.26. The van der Waals surface area contributed by atoms with Gasteiger partial charge in [-0.2, -0.15) is 5.26 Å². The Morgan fingerprint density at radius 2 is 1.91 bits per heavy atom. The van der Waals surface area contributed by atoms with Gasteiger partial charge in [-0.15, -0.1) is 0 Å². The van der Waals surface area contributed by atoms with Crippen LogP contribution in [0.4, 0.5) is 5.82 Å². The molecule has 1 aromatic rings. The zero-order valence-electron chi connectivity index (χ0n) is 13.1. The van der Waals surface area contributed by atoms with Gasteiger partial charge in [-0.05, 0) is 44.7 Å². The van der Waals surface area contributed by atoms with Gasteiger partial charge >= 0.3 is 0 Å². The molecule has 0 bridgehead atoms. The lowest BCUT2D eigenvalue weighted by Crippen LogP contribution is -2.42. The molecule has 1 aromatic heterocycles. The van der Waals surface area contributed by atoms with Gasteiger partial charge in [0.05, 0.1) is 5.56 Å². The summed E-state index contributed by atoms with van der Waals surface area (Å²) in [6, 6.07) is 5.92. The fraction of sp³-hybridized carbons (Fsp3) is 0.588. The standard InChI is InChI=1S/C17H22N4O/c1-13-4-5-15(12-18)16(19-13)20-10-6-14(7-11-20)17(22)21-8-2-3-9-21/h4-5,14H,2-3,6-11H2,1H3. The zero-order chi connectivity index (χ0) is 15.5. The van der Waals surface area contributed by atoms with Gasteiger partial charge in [0.15, 0.2) is 0 Å². The summed E-state index contributed by atoms with van der Waals surface area (Å²) in [4.78, 5) is 21.2. The van der Waals surface area contributed by atoms with Crippen molar-refractivity contribution in [2.75, 3.05) is 31.1 Å². The van der Waals surface area contributed by atoms with E-state index in [-0.39, 0.29) is 5.92 Å². The lowest BCUT2D eigenvalue weighted by atomic mass is 9.95. The second-order valence-electron chi connectivity index (χ2n) is 6.23. The summed E-state index contributed by atoms with van der Waals surface area (Å²) in [7, 11) is 0. The van der Waals surface area contributed by atoms with E-state index in [9.17, 15) is 10.1 Å². The van der Waals surface area contributed by atoms with Crippen LogP contribution in [0.15, 0.2) is 12.1 Å². The Labute approximate surface area is 131 Å². The summed E-state index contributed by atoms with van der Waals surface area (Å²) in [5.41, 5.74) is 1.54. The van der Waals surface area contributed by atoms with Gasteiger partial charge in [0, 0.05) is 37.8 Å². The van der Waals surface area contributed by atoms with E-state index in [1.165, 1.54) is 0 Å². The third-order valence-corrected chi connectivity index (χ3v) is 4.70. The van der Waals surface area contributed by atoms with Gasteiger partial charge in [0.25, 0.3) is 0 Å². The summed E-state index contributed by atoms with van der Waals surface area (Å²) in [5.74, 6) is 1.24. The Morgan fingerprint density at radius 1 is 1.23 bits per heavy atom. The number of nitrogens with zero attached hydrogens (tertiary/aromatic N) is 4. The number of carbonyl (C=O) groups is 1. The van der Waals surface area contributed by atoms with Crippen LogP contribution in [0.3, 0.4) is 0 Å². The van der Waals surface area contributed by atoms with Crippen LogP contribution in [-0.4, -0.2) is 42.0 Å². The number of piperidine rings is 1. The van der Waals surface area contributed by atoms with E-state index in [2.05, 4.69) is 16.0 Å². The molecule has 5 heteroatoms. The SMILES string of the molecule is Cc1ccc(C#N)c(N2CCC(C(=O)N3CCCC3)CC2)n1. The van der Waals surface area contributed by atoms with Crippen LogP contribution in [0.25, 0.3) is 0 Å². The molecule has 1 amide bonds. The third kappa shape index (κ3) is 2.92. The van der Waals surface area contributed by atoms with Crippen LogP contribution >= 0.6 is 0 Å². The van der Waals surface area contributed by atoms with Gasteiger partial charge in [0.2, 0.25) is 5.91 Å². The molecule has 2 aliphatic rings. The first-order valence-electron chi connectivity index (χ1n) is 8.10. The molecule has 2 saturated heterocycles. The van der Waals surface area contributed by atoms with Crippen LogP contribution in [0.5, 0.6) is 0 Å². The number of anilines is 1. The second-order valence-corrected chi connectivity index (χ2v) is 6.23. The van der Waals surface area contributed by atoms with Gasteiger partial charge in [-0.1, -0.05) is 0 Å². The Morgan fingerprint density at radius 3 is 2.55 bits per heavy atom. The average molecular weight is 298 g/mol. The number of hydrogen-bond acceptors (Lipinski definition) is 4. The van der Waals surface area contributed by atoms with E-state index < -0.39 is 0 Å². The van der Waals surface area contributed by atoms with Crippen LogP contribution in [-0.2, 0) is 4.79 Å². The average Bonchev–Trinajstić information content (AvgIpc) is 3.09. The molecule has 3 rings (SSSR count). The Hall–Kier alpha value is -2.09. The highest BCUT2D eigenvalue weighted by molar-refractivity contribution is 5.79. The normalized spacial score (nSPS) is 19.3. The fourth-order valence-corrected chi connectivity index (χ4v) is 3.41. The van der Waals surface area contributed by atoms with Crippen LogP contribution in [0.2, 0.25) is 0 Å². The minimum atomic E-state index is 0.143. The van der Waals surface area contributed by atoms with E-state index in [0.29, 0.717) is 11.5 Å². The van der Waals surface area contributed by atoms with E-state index in [4.69, 9.17) is 0 Å². The van der Waals surface area contributed by atoms with E-state index in [1.807, 2.05) is 24.0 Å². The highest BCUT2D eigenvalue weighted by Gasteiger charge is 2.30. The quantitative estimate of drug-likeness (QED) is 0.839. The summed E-state index contributed by atoms with van der Waals surface area (Å²) >= 11 is 0. The van der Waals surface area contributed by atoms with Gasteiger partial charge in [-0.25, -0.2) is 4.98 Å². The number of rotatable bonds is 2. The molecule has 3 heterocycles. The molecule has 2 fully saturated rings. The minimum absolute atomic E-state index is 0.143. The molecule has 0 radical (unpaired) electrons. The number of hydrogen-bond donors (Lipinski definition) is 0. The summed E-state index contributed by atoms with van der Waals surface area (Å²) in [5, 5.41) is 9.25. The smallest absolute Gasteiger partial charge is 0.225 e. The van der Waals surface area contributed by atoms with Gasteiger partial charge in [0.1, 0.15) is 11.9 Å². The number of aryl methyl sites for hydroxylation is 1. The Balaban J connectivity index is 1.66. The first-order chi connectivity index (χ1) is 10.7. The van der Waals surface area contributed by atoms with E-state index in [1.54, 1.807) is 0 Å². The lowest BCUT2D eigenvalue weighted by Gasteiger charge is -2.34. The van der Waals surface area contributed by atoms with Crippen LogP contribution in [0.1, 0.15) is 36.9 Å². The van der Waals surface area contributed by atoms with Crippen molar-refractivity contribution in [1.82, 2.24) is 9.88 Å². The van der Waals surface area contributed by atoms with Gasteiger partial charge < -0.3 is 9.80 Å². The summed E-state index contributed by atoms with van der Waals surface area (Å²) in [6.07, 6.45) is 4.00. The maximum atomic E-state index is 12.5. The topological polar surface area (TPSA) is 60.2 Å². The van der Waals surface area contributed by atoms with Crippen molar-refractivity contribution in [3.63, 3.8) is 0 Å². The molecule has 116 valence electrons. The number of aromatic nitrogens is 1. The summed E-state index contributed by atoms with van der Waals surface area (Å²) in [6.45, 7) is 5.40. The zero-order valence-corrected chi connectivity index (χ0v) is 13.1. The number of likely N-dealkylation sites (tertiary alicyclic amines) is 1.